The first-order valence-corrected chi connectivity index (χ1v) is 6.12. The first-order valence-electron chi connectivity index (χ1n) is 5.74. The van der Waals surface area contributed by atoms with Gasteiger partial charge in [-0.25, -0.2) is 4.98 Å². The average molecular weight is 262 g/mol. The van der Waals surface area contributed by atoms with Gasteiger partial charge in [-0.05, 0) is 36.2 Å². The summed E-state index contributed by atoms with van der Waals surface area (Å²) < 4.78 is 0. The van der Waals surface area contributed by atoms with Crippen molar-refractivity contribution in [3.63, 3.8) is 0 Å². The van der Waals surface area contributed by atoms with Gasteiger partial charge in [-0.15, -0.1) is 0 Å². The molecule has 2 rings (SSSR count). The molecule has 94 valence electrons. The molecule has 0 amide bonds. The molecule has 1 aromatic carbocycles. The Bertz CT molecular complexity index is 537. The van der Waals surface area contributed by atoms with Crippen LogP contribution < -0.4 is 10.6 Å². The van der Waals surface area contributed by atoms with Crippen LogP contribution in [0.3, 0.4) is 0 Å². The molecule has 0 fully saturated rings. The van der Waals surface area contributed by atoms with Crippen molar-refractivity contribution in [1.29, 1.82) is 0 Å². The molecule has 1 aromatic heterocycles. The number of hydrogen-bond donors (Lipinski definition) is 1. The quantitative estimate of drug-likeness (QED) is 0.922. The number of aromatic nitrogens is 1. The second-order valence-corrected chi connectivity index (χ2v) is 4.84. The van der Waals surface area contributed by atoms with Crippen molar-refractivity contribution in [1.82, 2.24) is 4.98 Å². The molecule has 0 saturated heterocycles. The summed E-state index contributed by atoms with van der Waals surface area (Å²) in [6.07, 6.45) is 1.82. The van der Waals surface area contributed by atoms with Crippen molar-refractivity contribution in [2.45, 2.75) is 13.5 Å². The van der Waals surface area contributed by atoms with Gasteiger partial charge < -0.3 is 10.6 Å². The Morgan fingerprint density at radius 1 is 1.28 bits per heavy atom. The number of rotatable bonds is 3. The fraction of sp³-hybridized carbons (Fsp3) is 0.214. The van der Waals surface area contributed by atoms with Gasteiger partial charge in [0, 0.05) is 24.8 Å². The minimum absolute atomic E-state index is 0.700. The van der Waals surface area contributed by atoms with Gasteiger partial charge in [-0.2, -0.15) is 0 Å². The number of benzene rings is 1. The molecule has 1 heterocycles. The van der Waals surface area contributed by atoms with Gasteiger partial charge >= 0.3 is 0 Å². The zero-order valence-electron chi connectivity index (χ0n) is 10.5. The lowest BCUT2D eigenvalue weighted by Gasteiger charge is -2.20. The molecule has 0 aliphatic carbocycles. The summed E-state index contributed by atoms with van der Waals surface area (Å²) in [5.41, 5.74) is 8.91. The van der Waals surface area contributed by atoms with E-state index < -0.39 is 0 Å². The fourth-order valence-corrected chi connectivity index (χ4v) is 1.97. The Balaban J connectivity index is 2.16. The maximum absolute atomic E-state index is 5.97. The molecule has 0 atom stereocenters. The topological polar surface area (TPSA) is 42.2 Å². The van der Waals surface area contributed by atoms with Gasteiger partial charge in [-0.1, -0.05) is 23.7 Å². The van der Waals surface area contributed by atoms with E-state index in [0.717, 1.165) is 22.9 Å². The largest absolute Gasteiger partial charge is 0.396 e. The first kappa shape index (κ1) is 12.7. The van der Waals surface area contributed by atoms with E-state index in [1.807, 2.05) is 55.4 Å². The van der Waals surface area contributed by atoms with E-state index >= 15 is 0 Å². The van der Waals surface area contributed by atoms with Crippen LogP contribution in [0, 0.1) is 6.92 Å². The zero-order chi connectivity index (χ0) is 13.1. The van der Waals surface area contributed by atoms with E-state index in [-0.39, 0.29) is 0 Å². The van der Waals surface area contributed by atoms with Crippen molar-refractivity contribution in [2.75, 3.05) is 17.7 Å². The highest BCUT2D eigenvalue weighted by atomic mass is 35.5. The lowest BCUT2D eigenvalue weighted by molar-refractivity contribution is 0.899. The minimum Gasteiger partial charge on any atom is -0.396 e. The number of halogens is 1. The summed E-state index contributed by atoms with van der Waals surface area (Å²) in [5.74, 6) is 0.801. The molecule has 0 aliphatic heterocycles. The van der Waals surface area contributed by atoms with Gasteiger partial charge in [0.15, 0.2) is 5.82 Å². The predicted octanol–water partition coefficient (Wildman–Crippen LogP) is 3.26. The van der Waals surface area contributed by atoms with Crippen LogP contribution in [-0.2, 0) is 6.54 Å². The van der Waals surface area contributed by atoms with E-state index in [2.05, 4.69) is 4.98 Å². The smallest absolute Gasteiger partial charge is 0.151 e. The number of nitrogens with zero attached hydrogens (tertiary/aromatic N) is 2. The van der Waals surface area contributed by atoms with Crippen LogP contribution in [0.15, 0.2) is 36.5 Å². The Kier molecular flexibility index (Phi) is 3.72. The number of anilines is 2. The molecule has 2 aromatic rings. The molecule has 3 nitrogen and oxygen atoms in total. The van der Waals surface area contributed by atoms with E-state index in [1.165, 1.54) is 5.56 Å². The molecular formula is C14H16ClN3. The SMILES string of the molecule is Cc1cnc(N(C)Cc2ccc(Cl)cc2)c(N)c1. The van der Waals surface area contributed by atoms with Crippen LogP contribution in [0.1, 0.15) is 11.1 Å². The summed E-state index contributed by atoms with van der Waals surface area (Å²) in [4.78, 5) is 6.39. The Hall–Kier alpha value is -1.74. The third kappa shape index (κ3) is 2.93. The Labute approximate surface area is 112 Å². The normalized spacial score (nSPS) is 10.4. The Morgan fingerprint density at radius 3 is 2.56 bits per heavy atom. The van der Waals surface area contributed by atoms with Crippen molar-refractivity contribution in [3.05, 3.63) is 52.7 Å². The summed E-state index contributed by atoms with van der Waals surface area (Å²) in [6.45, 7) is 2.73. The van der Waals surface area contributed by atoms with E-state index in [9.17, 15) is 0 Å². The second-order valence-electron chi connectivity index (χ2n) is 4.41. The molecule has 0 saturated carbocycles. The summed E-state index contributed by atoms with van der Waals surface area (Å²) >= 11 is 5.86. The molecule has 2 N–H and O–H groups in total. The lowest BCUT2D eigenvalue weighted by atomic mass is 10.2. The van der Waals surface area contributed by atoms with E-state index in [1.54, 1.807) is 0 Å². The highest BCUT2D eigenvalue weighted by Gasteiger charge is 2.07. The molecular weight excluding hydrogens is 246 g/mol. The van der Waals surface area contributed by atoms with Gasteiger partial charge in [0.1, 0.15) is 0 Å². The van der Waals surface area contributed by atoms with Crippen LogP contribution >= 0.6 is 11.6 Å². The van der Waals surface area contributed by atoms with E-state index in [0.29, 0.717) is 5.69 Å². The molecule has 0 spiro atoms. The fourth-order valence-electron chi connectivity index (χ4n) is 1.84. The third-order valence-electron chi connectivity index (χ3n) is 2.73. The highest BCUT2D eigenvalue weighted by molar-refractivity contribution is 6.30. The first-order chi connectivity index (χ1) is 8.56. The zero-order valence-corrected chi connectivity index (χ0v) is 11.3. The number of aryl methyl sites for hydroxylation is 1. The maximum atomic E-state index is 5.97. The number of hydrogen-bond acceptors (Lipinski definition) is 3. The average Bonchev–Trinajstić information content (AvgIpc) is 2.32. The lowest BCUT2D eigenvalue weighted by Crippen LogP contribution is -2.19. The molecule has 0 radical (unpaired) electrons. The monoisotopic (exact) mass is 261 g/mol. The van der Waals surface area contributed by atoms with Crippen LogP contribution in [0.4, 0.5) is 11.5 Å². The van der Waals surface area contributed by atoms with Crippen molar-refractivity contribution in [3.8, 4) is 0 Å². The van der Waals surface area contributed by atoms with Crippen LogP contribution in [0.5, 0.6) is 0 Å². The molecule has 0 bridgehead atoms. The Morgan fingerprint density at radius 2 is 1.94 bits per heavy atom. The molecule has 18 heavy (non-hydrogen) atoms. The standard InChI is InChI=1S/C14H16ClN3/c1-10-7-13(16)14(17-8-10)18(2)9-11-3-5-12(15)6-4-11/h3-8H,9,16H2,1-2H3. The number of nitrogens with two attached hydrogens (primary N) is 1. The predicted molar refractivity (Wildman–Crippen MR) is 76.9 cm³/mol. The van der Waals surface area contributed by atoms with Gasteiger partial charge in [0.2, 0.25) is 0 Å². The van der Waals surface area contributed by atoms with Crippen LogP contribution in [0.2, 0.25) is 5.02 Å². The van der Waals surface area contributed by atoms with Crippen LogP contribution in [-0.4, -0.2) is 12.0 Å². The number of nitrogen functional groups attached to an aromatic ring is 1. The summed E-state index contributed by atoms with van der Waals surface area (Å²) in [6, 6.07) is 9.71. The third-order valence-corrected chi connectivity index (χ3v) is 2.98. The van der Waals surface area contributed by atoms with Gasteiger partial charge in [0.25, 0.3) is 0 Å². The summed E-state index contributed by atoms with van der Waals surface area (Å²) in [5, 5.41) is 0.745. The minimum atomic E-state index is 0.700. The van der Waals surface area contributed by atoms with Gasteiger partial charge in [-0.3, -0.25) is 0 Å². The van der Waals surface area contributed by atoms with Crippen molar-refractivity contribution in [2.24, 2.45) is 0 Å². The van der Waals surface area contributed by atoms with E-state index in [4.69, 9.17) is 17.3 Å². The maximum Gasteiger partial charge on any atom is 0.151 e. The second kappa shape index (κ2) is 5.27. The highest BCUT2D eigenvalue weighted by Crippen LogP contribution is 2.21. The summed E-state index contributed by atoms with van der Waals surface area (Å²) in [7, 11) is 1.97. The molecule has 0 unspecified atom stereocenters. The van der Waals surface area contributed by atoms with Crippen LogP contribution in [0.25, 0.3) is 0 Å². The van der Waals surface area contributed by atoms with Crippen molar-refractivity contribution >= 4 is 23.1 Å². The molecule has 0 aliphatic rings. The van der Waals surface area contributed by atoms with Gasteiger partial charge in [0.05, 0.1) is 5.69 Å². The van der Waals surface area contributed by atoms with Crippen molar-refractivity contribution < 1.29 is 0 Å². The number of pyridine rings is 1. The molecule has 4 heteroatoms.